The van der Waals surface area contributed by atoms with Crippen LogP contribution in [-0.4, -0.2) is 57.2 Å². The first kappa shape index (κ1) is 20.6. The van der Waals surface area contributed by atoms with Gasteiger partial charge in [-0.25, -0.2) is 4.79 Å². The topological polar surface area (TPSA) is 91.9 Å². The van der Waals surface area contributed by atoms with Gasteiger partial charge in [0.1, 0.15) is 13.2 Å². The lowest BCUT2D eigenvalue weighted by atomic mass is 10.1. The Kier molecular flexibility index (Phi) is 7.04. The van der Waals surface area contributed by atoms with Crippen LogP contribution in [0.2, 0.25) is 0 Å². The number of fused-ring (bicyclic) bond motifs is 1. The van der Waals surface area contributed by atoms with Crippen molar-refractivity contribution in [1.82, 2.24) is 15.5 Å². The summed E-state index contributed by atoms with van der Waals surface area (Å²) < 4.78 is 10.9. The van der Waals surface area contributed by atoms with E-state index in [0.29, 0.717) is 36.9 Å². The van der Waals surface area contributed by atoms with Crippen molar-refractivity contribution < 1.29 is 19.1 Å². The van der Waals surface area contributed by atoms with Gasteiger partial charge >= 0.3 is 6.03 Å². The number of amides is 3. The number of carbonyl (C=O) groups is 2. The highest BCUT2D eigenvalue weighted by Gasteiger charge is 2.16. The number of anilines is 1. The lowest BCUT2D eigenvalue weighted by Gasteiger charge is -2.25. The molecule has 8 heteroatoms. The van der Waals surface area contributed by atoms with Crippen LogP contribution in [0, 0.1) is 0 Å². The molecule has 1 heterocycles. The van der Waals surface area contributed by atoms with E-state index in [9.17, 15) is 9.59 Å². The Labute approximate surface area is 170 Å². The summed E-state index contributed by atoms with van der Waals surface area (Å²) in [6, 6.07) is 14.6. The third-order valence-electron chi connectivity index (χ3n) is 4.48. The number of carbonyl (C=O) groups excluding carboxylic acids is 2. The van der Waals surface area contributed by atoms with E-state index in [1.165, 1.54) is 0 Å². The first-order chi connectivity index (χ1) is 14.0. The molecule has 1 aliphatic heterocycles. The molecule has 0 saturated heterocycles. The second-order valence-electron chi connectivity index (χ2n) is 6.88. The molecule has 0 unspecified atom stereocenters. The largest absolute Gasteiger partial charge is 0.486 e. The Hall–Kier alpha value is -3.10. The Morgan fingerprint density at radius 3 is 2.48 bits per heavy atom. The molecule has 1 atom stereocenters. The van der Waals surface area contributed by atoms with Gasteiger partial charge in [0.15, 0.2) is 11.5 Å². The molecule has 2 aromatic carbocycles. The van der Waals surface area contributed by atoms with Crippen LogP contribution in [-0.2, 0) is 4.79 Å². The van der Waals surface area contributed by atoms with Gasteiger partial charge in [0, 0.05) is 24.3 Å². The summed E-state index contributed by atoms with van der Waals surface area (Å²) in [6.45, 7) is 1.57. The predicted molar refractivity (Wildman–Crippen MR) is 110 cm³/mol. The lowest BCUT2D eigenvalue weighted by molar-refractivity contribution is -0.119. The molecule has 0 aromatic heterocycles. The standard InChI is InChI=1S/C21H26N4O4/c1-25(2)17(15-6-4-3-5-7-15)13-22-14-20(26)24-21(27)23-16-8-9-18-19(12-16)29-11-10-28-18/h3-9,12,17,22H,10-11,13-14H2,1-2H3,(H2,23,24,26,27)/t17-/m0/s1. The number of ether oxygens (including phenoxy) is 2. The van der Waals surface area contributed by atoms with Crippen molar-refractivity contribution in [3.63, 3.8) is 0 Å². The summed E-state index contributed by atoms with van der Waals surface area (Å²) in [5, 5.41) is 8.04. The van der Waals surface area contributed by atoms with Crippen LogP contribution in [0.4, 0.5) is 10.5 Å². The van der Waals surface area contributed by atoms with Gasteiger partial charge < -0.3 is 25.0 Å². The van der Waals surface area contributed by atoms with Crippen molar-refractivity contribution in [3.05, 3.63) is 54.1 Å². The second-order valence-corrected chi connectivity index (χ2v) is 6.88. The number of hydrogen-bond acceptors (Lipinski definition) is 6. The van der Waals surface area contributed by atoms with E-state index in [-0.39, 0.29) is 12.6 Å². The molecule has 3 N–H and O–H groups in total. The number of hydrogen-bond donors (Lipinski definition) is 3. The van der Waals surface area contributed by atoms with Gasteiger partial charge in [-0.3, -0.25) is 10.1 Å². The van der Waals surface area contributed by atoms with E-state index in [1.807, 2.05) is 44.4 Å². The Balaban J connectivity index is 1.44. The summed E-state index contributed by atoms with van der Waals surface area (Å²) in [5.41, 5.74) is 1.67. The minimum Gasteiger partial charge on any atom is -0.486 e. The molecule has 0 bridgehead atoms. The van der Waals surface area contributed by atoms with Crippen molar-refractivity contribution in [1.29, 1.82) is 0 Å². The maximum absolute atomic E-state index is 12.1. The second kappa shape index (κ2) is 9.90. The van der Waals surface area contributed by atoms with Crippen LogP contribution in [0.25, 0.3) is 0 Å². The SMILES string of the molecule is CN(C)[C@@H](CNCC(=O)NC(=O)Nc1ccc2c(c1)OCCO2)c1ccccc1. The van der Waals surface area contributed by atoms with Gasteiger partial charge in [0.2, 0.25) is 5.91 Å². The summed E-state index contributed by atoms with van der Waals surface area (Å²) in [4.78, 5) is 26.2. The zero-order valence-corrected chi connectivity index (χ0v) is 16.6. The van der Waals surface area contributed by atoms with Crippen molar-refractivity contribution >= 4 is 17.6 Å². The van der Waals surface area contributed by atoms with E-state index in [4.69, 9.17) is 9.47 Å². The van der Waals surface area contributed by atoms with Crippen molar-refractivity contribution in [2.24, 2.45) is 0 Å². The van der Waals surface area contributed by atoms with E-state index in [1.54, 1.807) is 18.2 Å². The fourth-order valence-corrected chi connectivity index (χ4v) is 3.05. The minimum absolute atomic E-state index is 0.0335. The maximum atomic E-state index is 12.1. The fraction of sp³-hybridized carbons (Fsp3) is 0.333. The normalized spacial score (nSPS) is 13.6. The summed E-state index contributed by atoms with van der Waals surface area (Å²) in [6.07, 6.45) is 0. The van der Waals surface area contributed by atoms with Gasteiger partial charge in [-0.05, 0) is 31.8 Å². The molecule has 0 fully saturated rings. The molecule has 154 valence electrons. The highest BCUT2D eigenvalue weighted by Crippen LogP contribution is 2.32. The molecular formula is C21H26N4O4. The summed E-state index contributed by atoms with van der Waals surface area (Å²) in [7, 11) is 3.97. The third kappa shape index (κ3) is 5.94. The van der Waals surface area contributed by atoms with Crippen LogP contribution in [0.3, 0.4) is 0 Å². The van der Waals surface area contributed by atoms with E-state index in [0.717, 1.165) is 5.56 Å². The Morgan fingerprint density at radius 2 is 1.76 bits per heavy atom. The lowest BCUT2D eigenvalue weighted by Crippen LogP contribution is -2.42. The molecule has 3 rings (SSSR count). The zero-order valence-electron chi connectivity index (χ0n) is 16.6. The molecule has 3 amide bonds. The smallest absolute Gasteiger partial charge is 0.325 e. The zero-order chi connectivity index (χ0) is 20.6. The number of rotatable bonds is 7. The molecule has 29 heavy (non-hydrogen) atoms. The van der Waals surface area contributed by atoms with Gasteiger partial charge in [-0.15, -0.1) is 0 Å². The first-order valence-electron chi connectivity index (χ1n) is 9.45. The van der Waals surface area contributed by atoms with E-state index < -0.39 is 11.9 Å². The highest BCUT2D eigenvalue weighted by molar-refractivity contribution is 6.01. The molecule has 1 aliphatic rings. The predicted octanol–water partition coefficient (Wildman–Crippen LogP) is 2.00. The van der Waals surface area contributed by atoms with Gasteiger partial charge in [-0.1, -0.05) is 30.3 Å². The van der Waals surface area contributed by atoms with Crippen LogP contribution in [0.1, 0.15) is 11.6 Å². The molecular weight excluding hydrogens is 372 g/mol. The average molecular weight is 398 g/mol. The number of benzene rings is 2. The van der Waals surface area contributed by atoms with Gasteiger partial charge in [0.25, 0.3) is 0 Å². The van der Waals surface area contributed by atoms with Gasteiger partial charge in [-0.2, -0.15) is 0 Å². The minimum atomic E-state index is -0.597. The van der Waals surface area contributed by atoms with Crippen molar-refractivity contribution in [2.45, 2.75) is 6.04 Å². The highest BCUT2D eigenvalue weighted by atomic mass is 16.6. The summed E-state index contributed by atoms with van der Waals surface area (Å²) in [5.74, 6) is 0.791. The van der Waals surface area contributed by atoms with Gasteiger partial charge in [0.05, 0.1) is 6.54 Å². The Morgan fingerprint density at radius 1 is 1.03 bits per heavy atom. The monoisotopic (exact) mass is 398 g/mol. The molecule has 0 radical (unpaired) electrons. The first-order valence-corrected chi connectivity index (χ1v) is 9.45. The summed E-state index contributed by atoms with van der Waals surface area (Å²) >= 11 is 0. The number of nitrogens with zero attached hydrogens (tertiary/aromatic N) is 1. The van der Waals surface area contributed by atoms with Crippen LogP contribution < -0.4 is 25.4 Å². The number of likely N-dealkylation sites (N-methyl/N-ethyl adjacent to an activating group) is 1. The number of imide groups is 1. The maximum Gasteiger partial charge on any atom is 0.325 e. The van der Waals surface area contributed by atoms with Crippen molar-refractivity contribution in [2.75, 3.05) is 45.7 Å². The third-order valence-corrected chi connectivity index (χ3v) is 4.48. The van der Waals surface area contributed by atoms with Crippen LogP contribution >= 0.6 is 0 Å². The number of nitrogens with one attached hydrogen (secondary N) is 3. The molecule has 2 aromatic rings. The average Bonchev–Trinajstić information content (AvgIpc) is 2.71. The molecule has 0 saturated carbocycles. The Bertz CT molecular complexity index is 842. The van der Waals surface area contributed by atoms with Crippen LogP contribution in [0.15, 0.2) is 48.5 Å². The quantitative estimate of drug-likeness (QED) is 0.661. The molecule has 8 nitrogen and oxygen atoms in total. The molecule has 0 spiro atoms. The molecule has 0 aliphatic carbocycles. The van der Waals surface area contributed by atoms with Crippen molar-refractivity contribution in [3.8, 4) is 11.5 Å². The number of urea groups is 1. The fourth-order valence-electron chi connectivity index (χ4n) is 3.05. The van der Waals surface area contributed by atoms with E-state index >= 15 is 0 Å². The van der Waals surface area contributed by atoms with E-state index in [2.05, 4.69) is 20.9 Å². The van der Waals surface area contributed by atoms with Crippen LogP contribution in [0.5, 0.6) is 11.5 Å².